The molecule has 14 heavy (non-hydrogen) atoms. The largest absolute Gasteiger partial charge is 0.198 e. The van der Waals surface area contributed by atoms with E-state index >= 15 is 0 Å². The Kier molecular flexibility index (Phi) is 3.21. The molecule has 0 unspecified atom stereocenters. The van der Waals surface area contributed by atoms with Crippen molar-refractivity contribution in [3.05, 3.63) is 22.4 Å². The Balaban J connectivity index is 2.09. The Morgan fingerprint density at radius 1 is 1.36 bits per heavy atom. The van der Waals surface area contributed by atoms with Gasteiger partial charge in [-0.25, -0.2) is 0 Å². The van der Waals surface area contributed by atoms with Crippen molar-refractivity contribution in [2.24, 2.45) is 5.92 Å². The summed E-state index contributed by atoms with van der Waals surface area (Å²) in [6.07, 6.45) is 6.48. The Morgan fingerprint density at radius 2 is 2.14 bits per heavy atom. The lowest BCUT2D eigenvalue weighted by Gasteiger charge is -2.24. The number of hydrogen-bond donors (Lipinski definition) is 0. The number of rotatable bonds is 2. The van der Waals surface area contributed by atoms with Gasteiger partial charge in [0, 0.05) is 4.88 Å². The molecule has 0 bridgehead atoms. The van der Waals surface area contributed by atoms with Crippen molar-refractivity contribution in [3.63, 3.8) is 0 Å². The SMILES string of the molecule is N#C[C@@H](c1cccs1)C1CCCCC1. The zero-order valence-corrected chi connectivity index (χ0v) is 9.09. The van der Waals surface area contributed by atoms with Gasteiger partial charge in [-0.15, -0.1) is 11.3 Å². The van der Waals surface area contributed by atoms with Crippen molar-refractivity contribution in [1.82, 2.24) is 0 Å². The van der Waals surface area contributed by atoms with Crippen LogP contribution in [0.1, 0.15) is 42.9 Å². The smallest absolute Gasteiger partial charge is 0.0834 e. The van der Waals surface area contributed by atoms with Crippen LogP contribution in [0, 0.1) is 17.2 Å². The summed E-state index contributed by atoms with van der Waals surface area (Å²) in [4.78, 5) is 1.26. The molecule has 1 fully saturated rings. The van der Waals surface area contributed by atoms with Gasteiger partial charge in [-0.05, 0) is 30.2 Å². The van der Waals surface area contributed by atoms with Gasteiger partial charge in [0.2, 0.25) is 0 Å². The fourth-order valence-corrected chi connectivity index (χ4v) is 3.20. The predicted octanol–water partition coefficient (Wildman–Crippen LogP) is 3.94. The molecule has 1 aliphatic rings. The quantitative estimate of drug-likeness (QED) is 0.717. The second-order valence-corrected chi connectivity index (χ2v) is 5.00. The number of nitriles is 1. The number of thiophene rings is 1. The molecule has 1 aliphatic carbocycles. The van der Waals surface area contributed by atoms with E-state index in [1.54, 1.807) is 11.3 Å². The molecule has 0 aliphatic heterocycles. The van der Waals surface area contributed by atoms with Crippen molar-refractivity contribution >= 4 is 11.3 Å². The molecule has 1 aromatic rings. The lowest BCUT2D eigenvalue weighted by Crippen LogP contribution is -2.14. The van der Waals surface area contributed by atoms with Crippen LogP contribution < -0.4 is 0 Å². The average molecular weight is 205 g/mol. The van der Waals surface area contributed by atoms with Crippen molar-refractivity contribution in [2.75, 3.05) is 0 Å². The van der Waals surface area contributed by atoms with Crippen LogP contribution in [-0.4, -0.2) is 0 Å². The summed E-state index contributed by atoms with van der Waals surface area (Å²) in [6, 6.07) is 6.64. The first kappa shape index (κ1) is 9.73. The maximum absolute atomic E-state index is 9.21. The maximum atomic E-state index is 9.21. The standard InChI is InChI=1S/C12H15NS/c13-9-11(12-7-4-8-14-12)10-5-2-1-3-6-10/h4,7-8,10-11H,1-3,5-6H2/t11-/m1/s1. The van der Waals surface area contributed by atoms with Gasteiger partial charge in [-0.3, -0.25) is 0 Å². The van der Waals surface area contributed by atoms with E-state index < -0.39 is 0 Å². The van der Waals surface area contributed by atoms with Crippen LogP contribution in [0.3, 0.4) is 0 Å². The minimum atomic E-state index is 0.162. The second kappa shape index (κ2) is 4.61. The summed E-state index contributed by atoms with van der Waals surface area (Å²) < 4.78 is 0. The van der Waals surface area contributed by atoms with Crippen LogP contribution in [0.5, 0.6) is 0 Å². The fraction of sp³-hybridized carbons (Fsp3) is 0.583. The topological polar surface area (TPSA) is 23.8 Å². The van der Waals surface area contributed by atoms with Gasteiger partial charge in [0.05, 0.1) is 12.0 Å². The van der Waals surface area contributed by atoms with E-state index in [1.165, 1.54) is 37.0 Å². The van der Waals surface area contributed by atoms with Gasteiger partial charge in [0.1, 0.15) is 0 Å². The molecule has 2 rings (SSSR count). The molecule has 1 aromatic heterocycles. The van der Waals surface area contributed by atoms with Crippen molar-refractivity contribution in [1.29, 1.82) is 5.26 Å². The molecule has 74 valence electrons. The van der Waals surface area contributed by atoms with E-state index in [-0.39, 0.29) is 5.92 Å². The highest BCUT2D eigenvalue weighted by atomic mass is 32.1. The number of hydrogen-bond acceptors (Lipinski definition) is 2. The summed E-state index contributed by atoms with van der Waals surface area (Å²) in [5, 5.41) is 11.3. The molecule has 2 heteroatoms. The van der Waals surface area contributed by atoms with Gasteiger partial charge in [0.25, 0.3) is 0 Å². The fourth-order valence-electron chi connectivity index (χ4n) is 2.34. The summed E-state index contributed by atoms with van der Waals surface area (Å²) in [5.41, 5.74) is 0. The van der Waals surface area contributed by atoms with E-state index in [9.17, 15) is 5.26 Å². The van der Waals surface area contributed by atoms with Crippen molar-refractivity contribution < 1.29 is 0 Å². The zero-order valence-electron chi connectivity index (χ0n) is 8.28. The Bertz CT molecular complexity index is 304. The second-order valence-electron chi connectivity index (χ2n) is 4.02. The first-order valence-electron chi connectivity index (χ1n) is 5.35. The summed E-state index contributed by atoms with van der Waals surface area (Å²) in [6.45, 7) is 0. The lowest BCUT2D eigenvalue weighted by atomic mass is 9.80. The van der Waals surface area contributed by atoms with Crippen LogP contribution in [0.25, 0.3) is 0 Å². The normalized spacial score (nSPS) is 20.2. The van der Waals surface area contributed by atoms with Gasteiger partial charge in [-0.1, -0.05) is 25.3 Å². The predicted molar refractivity (Wildman–Crippen MR) is 59.2 cm³/mol. The summed E-state index contributed by atoms with van der Waals surface area (Å²) >= 11 is 1.73. The minimum Gasteiger partial charge on any atom is -0.198 e. The van der Waals surface area contributed by atoms with E-state index in [2.05, 4.69) is 17.5 Å². The molecule has 1 saturated carbocycles. The van der Waals surface area contributed by atoms with E-state index in [4.69, 9.17) is 0 Å². The van der Waals surface area contributed by atoms with Crippen LogP contribution in [-0.2, 0) is 0 Å². The Labute approximate surface area is 89.4 Å². The Hall–Kier alpha value is -0.810. The highest BCUT2D eigenvalue weighted by Crippen LogP contribution is 2.37. The Morgan fingerprint density at radius 3 is 2.71 bits per heavy atom. The average Bonchev–Trinajstić information content (AvgIpc) is 2.74. The molecule has 0 amide bonds. The van der Waals surface area contributed by atoms with Gasteiger partial charge in [-0.2, -0.15) is 5.26 Å². The van der Waals surface area contributed by atoms with Gasteiger partial charge in [0.15, 0.2) is 0 Å². The van der Waals surface area contributed by atoms with Crippen LogP contribution in [0.2, 0.25) is 0 Å². The van der Waals surface area contributed by atoms with Crippen LogP contribution in [0.4, 0.5) is 0 Å². The molecular weight excluding hydrogens is 190 g/mol. The van der Waals surface area contributed by atoms with E-state index in [0.717, 1.165) is 0 Å². The van der Waals surface area contributed by atoms with E-state index in [1.807, 2.05) is 6.07 Å². The van der Waals surface area contributed by atoms with Gasteiger partial charge >= 0.3 is 0 Å². The third-order valence-electron chi connectivity index (χ3n) is 3.11. The third-order valence-corrected chi connectivity index (χ3v) is 4.07. The third kappa shape index (κ3) is 1.99. The number of nitrogens with zero attached hydrogens (tertiary/aromatic N) is 1. The minimum absolute atomic E-state index is 0.162. The van der Waals surface area contributed by atoms with Crippen LogP contribution >= 0.6 is 11.3 Å². The molecule has 0 spiro atoms. The zero-order chi connectivity index (χ0) is 9.80. The first-order valence-corrected chi connectivity index (χ1v) is 6.23. The molecule has 0 saturated heterocycles. The molecule has 0 radical (unpaired) electrons. The van der Waals surface area contributed by atoms with Crippen molar-refractivity contribution in [3.8, 4) is 6.07 Å². The van der Waals surface area contributed by atoms with Crippen molar-refractivity contribution in [2.45, 2.75) is 38.0 Å². The molecule has 1 atom stereocenters. The highest BCUT2D eigenvalue weighted by molar-refractivity contribution is 7.10. The maximum Gasteiger partial charge on any atom is 0.0834 e. The molecule has 0 N–H and O–H groups in total. The van der Waals surface area contributed by atoms with Gasteiger partial charge < -0.3 is 0 Å². The lowest BCUT2D eigenvalue weighted by molar-refractivity contribution is 0.338. The first-order chi connectivity index (χ1) is 6.92. The molecule has 1 nitrogen and oxygen atoms in total. The van der Waals surface area contributed by atoms with E-state index in [0.29, 0.717) is 5.92 Å². The molecular formula is C12H15NS. The molecule has 0 aromatic carbocycles. The summed E-state index contributed by atoms with van der Waals surface area (Å²) in [7, 11) is 0. The monoisotopic (exact) mass is 205 g/mol. The summed E-state index contributed by atoms with van der Waals surface area (Å²) in [5.74, 6) is 0.780. The van der Waals surface area contributed by atoms with Crippen LogP contribution in [0.15, 0.2) is 17.5 Å². The molecule has 1 heterocycles. The highest BCUT2D eigenvalue weighted by Gasteiger charge is 2.25.